The third kappa shape index (κ3) is 4.64. The molecule has 28 heavy (non-hydrogen) atoms. The minimum atomic E-state index is -4.55. The fraction of sp³-hybridized carbons (Fsp3) is 0.222. The molecule has 7 nitrogen and oxygen atoms in total. The van der Waals surface area contributed by atoms with Crippen LogP contribution in [0.2, 0.25) is 0 Å². The van der Waals surface area contributed by atoms with Crippen molar-refractivity contribution >= 4 is 17.5 Å². The van der Waals surface area contributed by atoms with E-state index in [1.807, 2.05) is 13.8 Å². The fourth-order valence-electron chi connectivity index (χ4n) is 2.37. The number of anilines is 2. The highest BCUT2D eigenvalue weighted by Gasteiger charge is 2.32. The molecule has 0 spiro atoms. The zero-order valence-corrected chi connectivity index (χ0v) is 15.0. The monoisotopic (exact) mass is 390 g/mol. The highest BCUT2D eigenvalue weighted by atomic mass is 19.4. The first-order chi connectivity index (χ1) is 13.2. The van der Waals surface area contributed by atoms with Crippen LogP contribution in [0.15, 0.2) is 49.1 Å². The summed E-state index contributed by atoms with van der Waals surface area (Å²) in [6.07, 6.45) is -0.463. The van der Waals surface area contributed by atoms with E-state index < -0.39 is 11.9 Å². The summed E-state index contributed by atoms with van der Waals surface area (Å²) in [5.41, 5.74) is 0.372. The molecule has 2 N–H and O–H groups in total. The van der Waals surface area contributed by atoms with Crippen molar-refractivity contribution in [1.29, 1.82) is 0 Å². The van der Waals surface area contributed by atoms with Gasteiger partial charge in [0.2, 0.25) is 5.95 Å². The molecule has 1 amide bonds. The second-order valence-electron chi connectivity index (χ2n) is 6.23. The summed E-state index contributed by atoms with van der Waals surface area (Å²) in [5, 5.41) is 5.50. The summed E-state index contributed by atoms with van der Waals surface area (Å²) in [4.78, 5) is 23.4. The van der Waals surface area contributed by atoms with Crippen LogP contribution >= 0.6 is 0 Å². The van der Waals surface area contributed by atoms with E-state index in [0.717, 1.165) is 12.3 Å². The number of rotatable bonds is 5. The van der Waals surface area contributed by atoms with Crippen LogP contribution in [0.4, 0.5) is 24.8 Å². The highest BCUT2D eigenvalue weighted by Crippen LogP contribution is 2.28. The van der Waals surface area contributed by atoms with Gasteiger partial charge >= 0.3 is 6.18 Å². The molecule has 3 rings (SSSR count). The normalized spacial score (nSPS) is 11.5. The molecule has 0 bridgehead atoms. The van der Waals surface area contributed by atoms with E-state index in [-0.39, 0.29) is 23.6 Å². The molecule has 10 heteroatoms. The van der Waals surface area contributed by atoms with Crippen molar-refractivity contribution in [3.8, 4) is 5.69 Å². The molecule has 0 aliphatic carbocycles. The van der Waals surface area contributed by atoms with Crippen molar-refractivity contribution in [2.45, 2.75) is 26.1 Å². The lowest BCUT2D eigenvalue weighted by atomic mass is 10.2. The molecule has 0 atom stereocenters. The fourth-order valence-corrected chi connectivity index (χ4v) is 2.37. The molecule has 0 fully saturated rings. The number of benzene rings is 1. The number of nitrogens with one attached hydrogen (secondary N) is 2. The van der Waals surface area contributed by atoms with Gasteiger partial charge in [0.1, 0.15) is 17.7 Å². The summed E-state index contributed by atoms with van der Waals surface area (Å²) in [6.45, 7) is 3.69. The van der Waals surface area contributed by atoms with Crippen LogP contribution in [0.5, 0.6) is 0 Å². The lowest BCUT2D eigenvalue weighted by Crippen LogP contribution is -2.30. The lowest BCUT2D eigenvalue weighted by molar-refractivity contribution is -0.141. The Bertz CT molecular complexity index is 983. The van der Waals surface area contributed by atoms with Gasteiger partial charge in [-0.3, -0.25) is 4.79 Å². The van der Waals surface area contributed by atoms with Crippen molar-refractivity contribution < 1.29 is 18.0 Å². The number of nitrogens with zero attached hydrogens (tertiary/aromatic N) is 4. The van der Waals surface area contributed by atoms with E-state index in [2.05, 4.69) is 25.6 Å². The van der Waals surface area contributed by atoms with Gasteiger partial charge in [0.25, 0.3) is 5.91 Å². The molecule has 0 unspecified atom stereocenters. The standard InChI is InChI=1S/C18H17F3N6O/c1-11(2)24-16(28)14-9-27(10-23-14)13-5-3-4-12(8-13)25-17-22-7-6-15(26-17)18(19,20)21/h3-11H,1-2H3,(H,24,28)(H,22,25,26). The minimum absolute atomic E-state index is 0.0161. The Morgan fingerprint density at radius 1 is 1.18 bits per heavy atom. The number of hydrogen-bond donors (Lipinski definition) is 2. The molecule has 146 valence electrons. The molecule has 2 heterocycles. The van der Waals surface area contributed by atoms with E-state index in [4.69, 9.17) is 0 Å². The van der Waals surface area contributed by atoms with E-state index >= 15 is 0 Å². The lowest BCUT2D eigenvalue weighted by Gasteiger charge is -2.10. The molecular weight excluding hydrogens is 373 g/mol. The Morgan fingerprint density at radius 2 is 1.96 bits per heavy atom. The minimum Gasteiger partial charge on any atom is -0.348 e. The number of imidazole rings is 1. The Labute approximate surface area is 158 Å². The third-order valence-corrected chi connectivity index (χ3v) is 3.58. The van der Waals surface area contributed by atoms with Crippen LogP contribution in [-0.4, -0.2) is 31.5 Å². The second-order valence-corrected chi connectivity index (χ2v) is 6.23. The van der Waals surface area contributed by atoms with Gasteiger partial charge < -0.3 is 15.2 Å². The Hall–Kier alpha value is -3.43. The predicted molar refractivity (Wildman–Crippen MR) is 96.5 cm³/mol. The van der Waals surface area contributed by atoms with E-state index in [0.29, 0.717) is 11.4 Å². The quantitative estimate of drug-likeness (QED) is 0.696. The predicted octanol–water partition coefficient (Wildman–Crippen LogP) is 3.56. The van der Waals surface area contributed by atoms with Gasteiger partial charge in [-0.2, -0.15) is 13.2 Å². The van der Waals surface area contributed by atoms with Gasteiger partial charge in [0, 0.05) is 29.8 Å². The number of alkyl halides is 3. The third-order valence-electron chi connectivity index (χ3n) is 3.58. The van der Waals surface area contributed by atoms with Crippen molar-refractivity contribution in [1.82, 2.24) is 24.8 Å². The number of aromatic nitrogens is 4. The Balaban J connectivity index is 1.80. The number of hydrogen-bond acceptors (Lipinski definition) is 5. The smallest absolute Gasteiger partial charge is 0.348 e. The molecule has 3 aromatic rings. The molecule has 0 aliphatic heterocycles. The first kappa shape index (κ1) is 19.3. The Kier molecular flexibility index (Phi) is 5.30. The van der Waals surface area contributed by atoms with Crippen LogP contribution in [0.1, 0.15) is 30.0 Å². The number of amides is 1. The van der Waals surface area contributed by atoms with Gasteiger partial charge in [0.15, 0.2) is 0 Å². The SMILES string of the molecule is CC(C)NC(=O)c1cn(-c2cccc(Nc3nccc(C(F)(F)F)n3)c2)cn1. The van der Waals surface area contributed by atoms with Gasteiger partial charge in [-0.25, -0.2) is 15.0 Å². The Morgan fingerprint density at radius 3 is 2.68 bits per heavy atom. The summed E-state index contributed by atoms with van der Waals surface area (Å²) in [7, 11) is 0. The van der Waals surface area contributed by atoms with Crippen LogP contribution in [0.3, 0.4) is 0 Å². The van der Waals surface area contributed by atoms with Crippen LogP contribution in [-0.2, 0) is 6.18 Å². The van der Waals surface area contributed by atoms with E-state index in [1.165, 1.54) is 6.33 Å². The zero-order valence-electron chi connectivity index (χ0n) is 15.0. The molecule has 2 aromatic heterocycles. The molecule has 0 saturated carbocycles. The largest absolute Gasteiger partial charge is 0.433 e. The average Bonchev–Trinajstić information content (AvgIpc) is 3.11. The average molecular weight is 390 g/mol. The molecule has 0 aliphatic rings. The van der Waals surface area contributed by atoms with E-state index in [1.54, 1.807) is 35.0 Å². The second kappa shape index (κ2) is 7.67. The van der Waals surface area contributed by atoms with Crippen molar-refractivity contribution in [3.63, 3.8) is 0 Å². The summed E-state index contributed by atoms with van der Waals surface area (Å²) >= 11 is 0. The van der Waals surface area contributed by atoms with Crippen LogP contribution in [0.25, 0.3) is 5.69 Å². The number of carbonyl (C=O) groups excluding carboxylic acids is 1. The van der Waals surface area contributed by atoms with Gasteiger partial charge in [0.05, 0.1) is 0 Å². The summed E-state index contributed by atoms with van der Waals surface area (Å²) in [5.74, 6) is -0.463. The maximum absolute atomic E-state index is 12.8. The molecular formula is C18H17F3N6O. The number of carbonyl (C=O) groups is 1. The highest BCUT2D eigenvalue weighted by molar-refractivity contribution is 5.92. The first-order valence-corrected chi connectivity index (χ1v) is 8.35. The summed E-state index contributed by atoms with van der Waals surface area (Å²) in [6, 6.07) is 7.60. The van der Waals surface area contributed by atoms with Gasteiger partial charge in [-0.15, -0.1) is 0 Å². The van der Waals surface area contributed by atoms with Gasteiger partial charge in [-0.1, -0.05) is 6.07 Å². The van der Waals surface area contributed by atoms with Crippen molar-refractivity contribution in [3.05, 3.63) is 60.4 Å². The molecule has 0 saturated heterocycles. The summed E-state index contributed by atoms with van der Waals surface area (Å²) < 4.78 is 40.0. The molecule has 0 radical (unpaired) electrons. The zero-order chi connectivity index (χ0) is 20.3. The number of halogens is 3. The molecule has 1 aromatic carbocycles. The maximum Gasteiger partial charge on any atom is 0.433 e. The topological polar surface area (TPSA) is 84.7 Å². The maximum atomic E-state index is 12.8. The van der Waals surface area contributed by atoms with Crippen LogP contribution < -0.4 is 10.6 Å². The van der Waals surface area contributed by atoms with E-state index in [9.17, 15) is 18.0 Å². The van der Waals surface area contributed by atoms with Crippen LogP contribution in [0, 0.1) is 0 Å². The van der Waals surface area contributed by atoms with Crippen molar-refractivity contribution in [2.24, 2.45) is 0 Å². The van der Waals surface area contributed by atoms with Crippen molar-refractivity contribution in [2.75, 3.05) is 5.32 Å². The first-order valence-electron chi connectivity index (χ1n) is 8.35. The van der Waals surface area contributed by atoms with Gasteiger partial charge in [-0.05, 0) is 38.1 Å².